The number of carbonyl (C=O) groups excluding carboxylic acids is 1. The van der Waals surface area contributed by atoms with Crippen molar-refractivity contribution < 1.29 is 11.1 Å². The van der Waals surface area contributed by atoms with Crippen molar-refractivity contribution in [3.8, 4) is 0 Å². The lowest BCUT2D eigenvalue weighted by atomic mass is 10.1. The second kappa shape index (κ2) is 5.75. The Balaban J connectivity index is 0.00000176. The van der Waals surface area contributed by atoms with Gasteiger partial charge in [0.25, 0.3) is 5.91 Å². The van der Waals surface area contributed by atoms with Crippen LogP contribution in [0.15, 0.2) is 53.9 Å². The number of amides is 1. The second-order valence-electron chi connectivity index (χ2n) is 4.93. The third-order valence-electron chi connectivity index (χ3n) is 3.28. The maximum Gasteiger partial charge on any atom is 0.268 e. The molecule has 3 rings (SSSR count). The van der Waals surface area contributed by atoms with E-state index in [1.54, 1.807) is 12.4 Å². The monoisotopic (exact) mass is 283 g/mol. The molecule has 1 amide bonds. The molecule has 0 saturated heterocycles. The average Bonchev–Trinajstić information content (AvgIpc) is 3.00. The topological polar surface area (TPSA) is 63.6 Å². The number of anilines is 1. The van der Waals surface area contributed by atoms with E-state index in [1.807, 2.05) is 43.3 Å². The Labute approximate surface area is 124 Å². The summed E-state index contributed by atoms with van der Waals surface area (Å²) in [6, 6.07) is 11.4. The van der Waals surface area contributed by atoms with Gasteiger partial charge in [-0.2, -0.15) is 0 Å². The quantitative estimate of drug-likeness (QED) is 0.942. The van der Waals surface area contributed by atoms with Gasteiger partial charge in [-0.3, -0.25) is 9.78 Å². The summed E-state index contributed by atoms with van der Waals surface area (Å²) in [7, 11) is 0. The van der Waals surface area contributed by atoms with Crippen molar-refractivity contribution in [2.24, 2.45) is 5.16 Å². The smallest absolute Gasteiger partial charge is 0.268 e. The molecule has 21 heavy (non-hydrogen) atoms. The predicted molar refractivity (Wildman–Crippen MR) is 82.2 cm³/mol. The molecular formula is C16H17N3O2. The SMILES string of the molecule is Cc1ccc(NC(=O)C2CC(c3cccnc3)=NO2)cc1.[HH]. The molecule has 1 aliphatic rings. The fourth-order valence-corrected chi connectivity index (χ4v) is 2.08. The molecule has 0 spiro atoms. The molecule has 0 fully saturated rings. The molecule has 0 bridgehead atoms. The van der Waals surface area contributed by atoms with Crippen LogP contribution in [-0.2, 0) is 9.63 Å². The predicted octanol–water partition coefficient (Wildman–Crippen LogP) is 2.77. The summed E-state index contributed by atoms with van der Waals surface area (Å²) in [5.41, 5.74) is 3.52. The third-order valence-corrected chi connectivity index (χ3v) is 3.28. The van der Waals surface area contributed by atoms with Crippen LogP contribution in [0.2, 0.25) is 0 Å². The fraction of sp³-hybridized carbons (Fsp3) is 0.188. The molecule has 1 aromatic heterocycles. The molecule has 0 saturated carbocycles. The summed E-state index contributed by atoms with van der Waals surface area (Å²) >= 11 is 0. The summed E-state index contributed by atoms with van der Waals surface area (Å²) in [6.45, 7) is 2.00. The van der Waals surface area contributed by atoms with Crippen molar-refractivity contribution in [1.82, 2.24) is 4.98 Å². The van der Waals surface area contributed by atoms with E-state index in [0.717, 1.165) is 22.5 Å². The van der Waals surface area contributed by atoms with Crippen LogP contribution < -0.4 is 5.32 Å². The number of carbonyl (C=O) groups is 1. The van der Waals surface area contributed by atoms with Crippen LogP contribution in [0, 0.1) is 6.92 Å². The van der Waals surface area contributed by atoms with E-state index < -0.39 is 6.10 Å². The number of aryl methyl sites for hydroxylation is 1. The molecule has 2 heterocycles. The van der Waals surface area contributed by atoms with Gasteiger partial charge in [0, 0.05) is 31.5 Å². The van der Waals surface area contributed by atoms with Crippen LogP contribution in [0.1, 0.15) is 19.0 Å². The van der Waals surface area contributed by atoms with Crippen molar-refractivity contribution >= 4 is 17.3 Å². The number of hydrogen-bond donors (Lipinski definition) is 1. The minimum Gasteiger partial charge on any atom is -0.382 e. The molecule has 1 atom stereocenters. The molecule has 1 aliphatic heterocycles. The van der Waals surface area contributed by atoms with Crippen molar-refractivity contribution in [3.05, 3.63) is 59.9 Å². The van der Waals surface area contributed by atoms with Gasteiger partial charge in [0.2, 0.25) is 6.10 Å². The van der Waals surface area contributed by atoms with Gasteiger partial charge in [-0.05, 0) is 31.2 Å². The van der Waals surface area contributed by atoms with Crippen molar-refractivity contribution in [3.63, 3.8) is 0 Å². The highest BCUT2D eigenvalue weighted by atomic mass is 16.6. The Hall–Kier alpha value is -2.69. The van der Waals surface area contributed by atoms with Gasteiger partial charge in [-0.15, -0.1) is 0 Å². The number of nitrogens with zero attached hydrogens (tertiary/aromatic N) is 2. The van der Waals surface area contributed by atoms with Gasteiger partial charge in [0.1, 0.15) is 0 Å². The first-order valence-corrected chi connectivity index (χ1v) is 6.73. The van der Waals surface area contributed by atoms with Crippen LogP contribution in [0.5, 0.6) is 0 Å². The number of pyridine rings is 1. The third kappa shape index (κ3) is 3.08. The molecule has 5 heteroatoms. The minimum absolute atomic E-state index is 0. The van der Waals surface area contributed by atoms with Gasteiger partial charge in [-0.25, -0.2) is 0 Å². The molecule has 1 N–H and O–H groups in total. The molecule has 2 aromatic rings. The summed E-state index contributed by atoms with van der Waals surface area (Å²) in [5, 5.41) is 6.81. The zero-order valence-corrected chi connectivity index (χ0v) is 11.6. The maximum absolute atomic E-state index is 12.2. The van der Waals surface area contributed by atoms with E-state index in [4.69, 9.17) is 4.84 Å². The van der Waals surface area contributed by atoms with E-state index in [-0.39, 0.29) is 7.33 Å². The Morgan fingerprint density at radius 2 is 2.14 bits per heavy atom. The summed E-state index contributed by atoms with van der Waals surface area (Å²) < 4.78 is 0. The van der Waals surface area contributed by atoms with Crippen LogP contribution in [0.3, 0.4) is 0 Å². The first-order valence-electron chi connectivity index (χ1n) is 6.73. The Kier molecular flexibility index (Phi) is 3.64. The van der Waals surface area contributed by atoms with Crippen molar-refractivity contribution in [1.29, 1.82) is 0 Å². The van der Waals surface area contributed by atoms with Gasteiger partial charge < -0.3 is 10.2 Å². The first kappa shape index (κ1) is 13.3. The van der Waals surface area contributed by atoms with Crippen LogP contribution in [0.4, 0.5) is 5.69 Å². The second-order valence-corrected chi connectivity index (χ2v) is 4.93. The number of rotatable bonds is 3. The molecule has 5 nitrogen and oxygen atoms in total. The Morgan fingerprint density at radius 3 is 2.86 bits per heavy atom. The average molecular weight is 283 g/mol. The van der Waals surface area contributed by atoms with Crippen LogP contribution in [-0.4, -0.2) is 22.7 Å². The summed E-state index contributed by atoms with van der Waals surface area (Å²) in [6.07, 6.45) is 3.26. The van der Waals surface area contributed by atoms with E-state index in [0.29, 0.717) is 6.42 Å². The molecule has 108 valence electrons. The minimum atomic E-state index is -0.596. The standard InChI is InChI=1S/C16H15N3O2.H2/c1-11-4-6-13(7-5-11)18-16(20)15-9-14(19-21-15)12-3-2-8-17-10-12;/h2-8,10,15H,9H2,1H3,(H,18,20);1H. The first-order chi connectivity index (χ1) is 10.2. The normalized spacial score (nSPS) is 17.0. The number of aromatic nitrogens is 1. The summed E-state index contributed by atoms with van der Waals surface area (Å²) in [4.78, 5) is 21.4. The number of oxime groups is 1. The maximum atomic E-state index is 12.2. The molecule has 0 aliphatic carbocycles. The molecule has 0 radical (unpaired) electrons. The number of benzene rings is 1. The highest BCUT2D eigenvalue weighted by Gasteiger charge is 2.28. The van der Waals surface area contributed by atoms with E-state index in [9.17, 15) is 4.79 Å². The Morgan fingerprint density at radius 1 is 1.33 bits per heavy atom. The van der Waals surface area contributed by atoms with Crippen molar-refractivity contribution in [2.45, 2.75) is 19.4 Å². The van der Waals surface area contributed by atoms with E-state index in [2.05, 4.69) is 15.5 Å². The zero-order valence-electron chi connectivity index (χ0n) is 11.6. The van der Waals surface area contributed by atoms with Gasteiger partial charge in [0.05, 0.1) is 5.71 Å². The van der Waals surface area contributed by atoms with Crippen molar-refractivity contribution in [2.75, 3.05) is 5.32 Å². The fourth-order valence-electron chi connectivity index (χ4n) is 2.08. The largest absolute Gasteiger partial charge is 0.382 e. The highest BCUT2D eigenvalue weighted by Crippen LogP contribution is 2.18. The molecular weight excluding hydrogens is 266 g/mol. The number of hydrogen-bond acceptors (Lipinski definition) is 4. The van der Waals surface area contributed by atoms with E-state index >= 15 is 0 Å². The molecule has 1 aromatic carbocycles. The summed E-state index contributed by atoms with van der Waals surface area (Å²) in [5.74, 6) is -0.193. The lowest BCUT2D eigenvalue weighted by Gasteiger charge is -2.09. The van der Waals surface area contributed by atoms with Gasteiger partial charge in [-0.1, -0.05) is 22.9 Å². The van der Waals surface area contributed by atoms with Crippen LogP contribution in [0.25, 0.3) is 0 Å². The highest BCUT2D eigenvalue weighted by molar-refractivity contribution is 6.05. The Bertz CT molecular complexity index is 672. The van der Waals surface area contributed by atoms with Gasteiger partial charge in [0.15, 0.2) is 0 Å². The lowest BCUT2D eigenvalue weighted by molar-refractivity contribution is -0.125. The lowest BCUT2D eigenvalue weighted by Crippen LogP contribution is -2.28. The molecule has 1 unspecified atom stereocenters. The van der Waals surface area contributed by atoms with E-state index in [1.165, 1.54) is 0 Å². The zero-order chi connectivity index (χ0) is 14.7. The van der Waals surface area contributed by atoms with Gasteiger partial charge >= 0.3 is 0 Å². The van der Waals surface area contributed by atoms with Crippen LogP contribution >= 0.6 is 0 Å². The number of nitrogens with one attached hydrogen (secondary N) is 1.